The van der Waals surface area contributed by atoms with Crippen LogP contribution < -0.4 is 4.90 Å². The van der Waals surface area contributed by atoms with Gasteiger partial charge in [-0.3, -0.25) is 4.79 Å². The van der Waals surface area contributed by atoms with Crippen molar-refractivity contribution < 1.29 is 4.79 Å². The van der Waals surface area contributed by atoms with Crippen LogP contribution in [0.2, 0.25) is 0 Å². The van der Waals surface area contributed by atoms with Crippen LogP contribution in [0.15, 0.2) is 30.5 Å². The molecule has 3 heterocycles. The fourth-order valence-electron chi connectivity index (χ4n) is 2.51. The van der Waals surface area contributed by atoms with E-state index in [9.17, 15) is 4.79 Å². The van der Waals surface area contributed by atoms with Crippen LogP contribution in [0, 0.1) is 13.8 Å². The van der Waals surface area contributed by atoms with Crippen molar-refractivity contribution in [1.82, 2.24) is 9.88 Å². The van der Waals surface area contributed by atoms with E-state index in [2.05, 4.69) is 23.7 Å². The maximum Gasteiger partial charge on any atom is 0.264 e. The molecule has 1 amide bonds. The van der Waals surface area contributed by atoms with Crippen LogP contribution in [0.5, 0.6) is 0 Å². The standard InChI is InChI=1S/C16H19N3OS/c1-12-11-14(21-13(12)2)16(20)19-9-7-18(8-10-19)15-5-3-4-6-17-15/h3-6,11H,7-10H2,1-2H3. The van der Waals surface area contributed by atoms with Crippen molar-refractivity contribution in [2.75, 3.05) is 31.1 Å². The van der Waals surface area contributed by atoms with E-state index in [0.29, 0.717) is 0 Å². The summed E-state index contributed by atoms with van der Waals surface area (Å²) in [6.45, 7) is 7.31. The number of amides is 1. The van der Waals surface area contributed by atoms with Crippen molar-refractivity contribution in [1.29, 1.82) is 0 Å². The molecule has 0 N–H and O–H groups in total. The molecule has 0 spiro atoms. The maximum atomic E-state index is 12.5. The number of thiophene rings is 1. The van der Waals surface area contributed by atoms with Gasteiger partial charge >= 0.3 is 0 Å². The first-order chi connectivity index (χ1) is 10.1. The summed E-state index contributed by atoms with van der Waals surface area (Å²) in [6.07, 6.45) is 1.81. The Hall–Kier alpha value is -1.88. The average molecular weight is 301 g/mol. The van der Waals surface area contributed by atoms with Crippen LogP contribution in [0.1, 0.15) is 20.1 Å². The monoisotopic (exact) mass is 301 g/mol. The van der Waals surface area contributed by atoms with Crippen molar-refractivity contribution in [2.45, 2.75) is 13.8 Å². The van der Waals surface area contributed by atoms with Gasteiger partial charge in [-0.15, -0.1) is 11.3 Å². The normalized spacial score (nSPS) is 15.3. The third-order valence-electron chi connectivity index (χ3n) is 3.92. The Labute approximate surface area is 129 Å². The van der Waals surface area contributed by atoms with Crippen LogP contribution in [-0.2, 0) is 0 Å². The Bertz CT molecular complexity index is 611. The fourth-order valence-corrected chi connectivity index (χ4v) is 3.52. The highest BCUT2D eigenvalue weighted by Gasteiger charge is 2.23. The smallest absolute Gasteiger partial charge is 0.264 e. The maximum absolute atomic E-state index is 12.5. The molecule has 3 rings (SSSR count). The molecule has 1 saturated heterocycles. The van der Waals surface area contributed by atoms with E-state index in [1.165, 1.54) is 10.4 Å². The first-order valence-corrected chi connectivity index (χ1v) is 7.99. The van der Waals surface area contributed by atoms with E-state index in [-0.39, 0.29) is 5.91 Å². The van der Waals surface area contributed by atoms with Crippen molar-refractivity contribution in [3.63, 3.8) is 0 Å². The van der Waals surface area contributed by atoms with Gasteiger partial charge in [-0.1, -0.05) is 6.07 Å². The summed E-state index contributed by atoms with van der Waals surface area (Å²) in [5.41, 5.74) is 1.20. The molecule has 21 heavy (non-hydrogen) atoms. The van der Waals surface area contributed by atoms with Crippen molar-refractivity contribution in [3.8, 4) is 0 Å². The summed E-state index contributed by atoms with van der Waals surface area (Å²) < 4.78 is 0. The highest BCUT2D eigenvalue weighted by Crippen LogP contribution is 2.23. The van der Waals surface area contributed by atoms with Crippen molar-refractivity contribution in [3.05, 3.63) is 45.8 Å². The molecule has 1 aliphatic rings. The first kappa shape index (κ1) is 14.1. The number of aryl methyl sites for hydroxylation is 2. The highest BCUT2D eigenvalue weighted by atomic mass is 32.1. The Balaban J connectivity index is 1.64. The fraction of sp³-hybridized carbons (Fsp3) is 0.375. The third kappa shape index (κ3) is 2.93. The highest BCUT2D eigenvalue weighted by molar-refractivity contribution is 7.14. The van der Waals surface area contributed by atoms with Crippen LogP contribution in [0.3, 0.4) is 0 Å². The van der Waals surface area contributed by atoms with E-state index < -0.39 is 0 Å². The molecule has 1 fully saturated rings. The zero-order chi connectivity index (χ0) is 14.8. The molecular weight excluding hydrogens is 282 g/mol. The lowest BCUT2D eigenvalue weighted by atomic mass is 10.2. The summed E-state index contributed by atoms with van der Waals surface area (Å²) in [5, 5.41) is 0. The summed E-state index contributed by atoms with van der Waals surface area (Å²) >= 11 is 1.60. The molecule has 0 atom stereocenters. The molecule has 0 bridgehead atoms. The molecule has 0 radical (unpaired) electrons. The van der Waals surface area contributed by atoms with Gasteiger partial charge in [0.05, 0.1) is 4.88 Å². The number of carbonyl (C=O) groups is 1. The summed E-state index contributed by atoms with van der Waals surface area (Å²) in [4.78, 5) is 23.1. The summed E-state index contributed by atoms with van der Waals surface area (Å²) in [7, 11) is 0. The summed E-state index contributed by atoms with van der Waals surface area (Å²) in [5.74, 6) is 1.16. The van der Waals surface area contributed by atoms with Gasteiger partial charge < -0.3 is 9.80 Å². The number of hydrogen-bond acceptors (Lipinski definition) is 4. The first-order valence-electron chi connectivity index (χ1n) is 7.17. The van der Waals surface area contributed by atoms with Crippen LogP contribution in [-0.4, -0.2) is 42.0 Å². The molecule has 0 aliphatic carbocycles. The minimum Gasteiger partial charge on any atom is -0.353 e. The van der Waals surface area contributed by atoms with Gasteiger partial charge in [0.25, 0.3) is 5.91 Å². The van der Waals surface area contributed by atoms with Crippen LogP contribution in [0.25, 0.3) is 0 Å². The number of rotatable bonds is 2. The van der Waals surface area contributed by atoms with E-state index in [4.69, 9.17) is 0 Å². The largest absolute Gasteiger partial charge is 0.353 e. The lowest BCUT2D eigenvalue weighted by Gasteiger charge is -2.35. The van der Waals surface area contributed by atoms with Crippen molar-refractivity contribution in [2.24, 2.45) is 0 Å². The van der Waals surface area contributed by atoms with Gasteiger partial charge in [0.1, 0.15) is 5.82 Å². The second-order valence-electron chi connectivity index (χ2n) is 5.32. The van der Waals surface area contributed by atoms with Gasteiger partial charge in [-0.25, -0.2) is 4.98 Å². The van der Waals surface area contributed by atoms with E-state index >= 15 is 0 Å². The van der Waals surface area contributed by atoms with Crippen LogP contribution >= 0.6 is 11.3 Å². The van der Waals surface area contributed by atoms with Gasteiger partial charge in [-0.2, -0.15) is 0 Å². The molecular formula is C16H19N3OS. The number of carbonyl (C=O) groups excluding carboxylic acids is 1. The zero-order valence-corrected chi connectivity index (χ0v) is 13.2. The second kappa shape index (κ2) is 5.85. The molecule has 2 aromatic heterocycles. The second-order valence-corrected chi connectivity index (χ2v) is 6.57. The topological polar surface area (TPSA) is 36.4 Å². The predicted molar refractivity (Wildman–Crippen MR) is 86.1 cm³/mol. The van der Waals surface area contributed by atoms with E-state index in [0.717, 1.165) is 36.9 Å². The van der Waals surface area contributed by atoms with Crippen molar-refractivity contribution >= 4 is 23.1 Å². The van der Waals surface area contributed by atoms with E-state index in [1.807, 2.05) is 35.4 Å². The number of nitrogens with zero attached hydrogens (tertiary/aromatic N) is 3. The molecule has 0 saturated carbocycles. The van der Waals surface area contributed by atoms with Gasteiger partial charge in [0.2, 0.25) is 0 Å². The van der Waals surface area contributed by atoms with E-state index in [1.54, 1.807) is 11.3 Å². The number of piperazine rings is 1. The van der Waals surface area contributed by atoms with Gasteiger partial charge in [0, 0.05) is 37.3 Å². The lowest BCUT2D eigenvalue weighted by molar-refractivity contribution is 0.0751. The quantitative estimate of drug-likeness (QED) is 0.856. The Kier molecular flexibility index (Phi) is 3.92. The predicted octanol–water partition coefficient (Wildman–Crippen LogP) is 2.72. The SMILES string of the molecule is Cc1cc(C(=O)N2CCN(c3ccccn3)CC2)sc1C. The molecule has 2 aromatic rings. The number of anilines is 1. The molecule has 4 nitrogen and oxygen atoms in total. The lowest BCUT2D eigenvalue weighted by Crippen LogP contribution is -2.48. The van der Waals surface area contributed by atoms with Gasteiger partial charge in [0.15, 0.2) is 0 Å². The zero-order valence-electron chi connectivity index (χ0n) is 12.4. The van der Waals surface area contributed by atoms with Crippen LogP contribution in [0.4, 0.5) is 5.82 Å². The average Bonchev–Trinajstić information content (AvgIpc) is 2.87. The number of hydrogen-bond donors (Lipinski definition) is 0. The Morgan fingerprint density at radius 2 is 1.95 bits per heavy atom. The number of aromatic nitrogens is 1. The minimum atomic E-state index is 0.164. The molecule has 5 heteroatoms. The Morgan fingerprint density at radius 3 is 2.52 bits per heavy atom. The summed E-state index contributed by atoms with van der Waals surface area (Å²) in [6, 6.07) is 7.94. The molecule has 110 valence electrons. The Morgan fingerprint density at radius 1 is 1.19 bits per heavy atom. The minimum absolute atomic E-state index is 0.164. The molecule has 0 unspecified atom stereocenters. The van der Waals surface area contributed by atoms with Gasteiger partial charge in [-0.05, 0) is 37.6 Å². The molecule has 1 aliphatic heterocycles. The molecule has 0 aromatic carbocycles. The number of pyridine rings is 1. The third-order valence-corrected chi connectivity index (χ3v) is 5.06.